The molecular weight excluding hydrogens is 258 g/mol. The Labute approximate surface area is 117 Å². The van der Waals surface area contributed by atoms with E-state index in [-0.39, 0.29) is 17.8 Å². The van der Waals surface area contributed by atoms with Gasteiger partial charge in [0.2, 0.25) is 17.8 Å². The van der Waals surface area contributed by atoms with E-state index in [2.05, 4.69) is 25.5 Å². The van der Waals surface area contributed by atoms with Crippen LogP contribution in [0.4, 0.5) is 17.6 Å². The summed E-state index contributed by atoms with van der Waals surface area (Å²) in [4.78, 5) is 32.9. The SMILES string of the molecule is CC(=O)Nc1cc(N2CCCCC2)nc(NC(C)=O)n1. The Bertz CT molecular complexity index is 477. The minimum Gasteiger partial charge on any atom is -0.356 e. The standard InChI is InChI=1S/C13H19N5O2/c1-9(19)14-11-8-12(18-6-4-3-5-7-18)17-13(16-11)15-10(2)20/h8H,3-7H2,1-2H3,(H2,14,15,16,17,19,20). The molecule has 108 valence electrons. The third-order valence-electron chi connectivity index (χ3n) is 2.98. The largest absolute Gasteiger partial charge is 0.356 e. The van der Waals surface area contributed by atoms with Crippen molar-refractivity contribution in [1.82, 2.24) is 9.97 Å². The monoisotopic (exact) mass is 277 g/mol. The van der Waals surface area contributed by atoms with Crippen LogP contribution in [0.5, 0.6) is 0 Å². The fourth-order valence-electron chi connectivity index (χ4n) is 2.18. The van der Waals surface area contributed by atoms with Crippen LogP contribution in [0.1, 0.15) is 33.1 Å². The van der Waals surface area contributed by atoms with Crippen molar-refractivity contribution in [2.45, 2.75) is 33.1 Å². The van der Waals surface area contributed by atoms with E-state index in [4.69, 9.17) is 0 Å². The van der Waals surface area contributed by atoms with E-state index in [1.54, 1.807) is 6.07 Å². The first-order valence-corrected chi connectivity index (χ1v) is 6.74. The molecule has 1 aromatic rings. The molecule has 1 fully saturated rings. The predicted molar refractivity (Wildman–Crippen MR) is 76.7 cm³/mol. The molecule has 0 aliphatic carbocycles. The van der Waals surface area contributed by atoms with Gasteiger partial charge in [-0.05, 0) is 19.3 Å². The second-order valence-corrected chi connectivity index (χ2v) is 4.85. The second-order valence-electron chi connectivity index (χ2n) is 4.85. The van der Waals surface area contributed by atoms with Gasteiger partial charge in [-0.2, -0.15) is 9.97 Å². The number of piperidine rings is 1. The maximum absolute atomic E-state index is 11.2. The summed E-state index contributed by atoms with van der Waals surface area (Å²) in [6.45, 7) is 4.67. The lowest BCUT2D eigenvalue weighted by molar-refractivity contribution is -0.115. The second kappa shape index (κ2) is 6.31. The molecule has 2 rings (SSSR count). The summed E-state index contributed by atoms with van der Waals surface area (Å²) in [5, 5.41) is 5.19. The van der Waals surface area contributed by atoms with Gasteiger partial charge in [-0.1, -0.05) is 0 Å². The summed E-state index contributed by atoms with van der Waals surface area (Å²) in [5.74, 6) is 0.894. The van der Waals surface area contributed by atoms with Crippen molar-refractivity contribution in [3.8, 4) is 0 Å². The number of carbonyl (C=O) groups is 2. The molecule has 0 spiro atoms. The smallest absolute Gasteiger partial charge is 0.233 e. The van der Waals surface area contributed by atoms with E-state index in [1.165, 1.54) is 20.3 Å². The Morgan fingerprint density at radius 2 is 1.70 bits per heavy atom. The van der Waals surface area contributed by atoms with E-state index in [0.717, 1.165) is 31.7 Å². The van der Waals surface area contributed by atoms with Crippen LogP contribution in [0.3, 0.4) is 0 Å². The van der Waals surface area contributed by atoms with Gasteiger partial charge in [-0.3, -0.25) is 14.9 Å². The van der Waals surface area contributed by atoms with E-state index in [9.17, 15) is 9.59 Å². The third kappa shape index (κ3) is 3.91. The van der Waals surface area contributed by atoms with Crippen molar-refractivity contribution in [2.75, 3.05) is 28.6 Å². The number of carbonyl (C=O) groups excluding carboxylic acids is 2. The fourth-order valence-corrected chi connectivity index (χ4v) is 2.18. The van der Waals surface area contributed by atoms with Gasteiger partial charge < -0.3 is 10.2 Å². The number of hydrogen-bond acceptors (Lipinski definition) is 5. The van der Waals surface area contributed by atoms with Gasteiger partial charge in [0.25, 0.3) is 0 Å². The molecule has 1 aliphatic rings. The van der Waals surface area contributed by atoms with E-state index >= 15 is 0 Å². The van der Waals surface area contributed by atoms with Gasteiger partial charge in [0, 0.05) is 33.0 Å². The van der Waals surface area contributed by atoms with Crippen molar-refractivity contribution < 1.29 is 9.59 Å². The zero-order chi connectivity index (χ0) is 14.5. The number of nitrogens with one attached hydrogen (secondary N) is 2. The molecule has 20 heavy (non-hydrogen) atoms. The Morgan fingerprint density at radius 3 is 2.30 bits per heavy atom. The maximum Gasteiger partial charge on any atom is 0.233 e. The van der Waals surface area contributed by atoms with Gasteiger partial charge in [0.05, 0.1) is 0 Å². The van der Waals surface area contributed by atoms with Crippen LogP contribution in [0.2, 0.25) is 0 Å². The Kier molecular flexibility index (Phi) is 4.49. The highest BCUT2D eigenvalue weighted by Gasteiger charge is 2.15. The third-order valence-corrected chi connectivity index (χ3v) is 2.98. The molecule has 0 saturated carbocycles. The lowest BCUT2D eigenvalue weighted by Gasteiger charge is -2.28. The minimum absolute atomic E-state index is 0.206. The van der Waals surface area contributed by atoms with Crippen LogP contribution in [0.25, 0.3) is 0 Å². The average molecular weight is 277 g/mol. The molecule has 0 aromatic carbocycles. The lowest BCUT2D eigenvalue weighted by atomic mass is 10.1. The van der Waals surface area contributed by atoms with Crippen LogP contribution >= 0.6 is 0 Å². The number of anilines is 3. The van der Waals surface area contributed by atoms with Gasteiger partial charge >= 0.3 is 0 Å². The highest BCUT2D eigenvalue weighted by molar-refractivity contribution is 5.89. The van der Waals surface area contributed by atoms with Crippen LogP contribution in [-0.4, -0.2) is 34.9 Å². The highest BCUT2D eigenvalue weighted by atomic mass is 16.2. The van der Waals surface area contributed by atoms with Crippen LogP contribution in [0, 0.1) is 0 Å². The molecule has 1 aromatic heterocycles. The number of amides is 2. The molecule has 0 radical (unpaired) electrons. The number of aromatic nitrogens is 2. The number of nitrogens with zero attached hydrogens (tertiary/aromatic N) is 3. The summed E-state index contributed by atoms with van der Waals surface area (Å²) >= 11 is 0. The van der Waals surface area contributed by atoms with Crippen LogP contribution in [0.15, 0.2) is 6.07 Å². The zero-order valence-electron chi connectivity index (χ0n) is 11.8. The van der Waals surface area contributed by atoms with Crippen LogP contribution < -0.4 is 15.5 Å². The van der Waals surface area contributed by atoms with Crippen molar-refractivity contribution >= 4 is 29.4 Å². The van der Waals surface area contributed by atoms with Crippen molar-refractivity contribution in [3.05, 3.63) is 6.07 Å². The van der Waals surface area contributed by atoms with Crippen molar-refractivity contribution in [2.24, 2.45) is 0 Å². The number of rotatable bonds is 3. The Hall–Kier alpha value is -2.18. The zero-order valence-corrected chi connectivity index (χ0v) is 11.8. The van der Waals surface area contributed by atoms with E-state index < -0.39 is 0 Å². The summed E-state index contributed by atoms with van der Waals surface area (Å²) in [7, 11) is 0. The molecule has 2 heterocycles. The van der Waals surface area contributed by atoms with Gasteiger partial charge in [0.15, 0.2) is 0 Å². The average Bonchev–Trinajstić information content (AvgIpc) is 2.38. The first-order valence-electron chi connectivity index (χ1n) is 6.74. The minimum atomic E-state index is -0.241. The molecule has 7 nitrogen and oxygen atoms in total. The Balaban J connectivity index is 2.28. The summed E-state index contributed by atoms with van der Waals surface area (Å²) in [5.41, 5.74) is 0. The molecule has 2 N–H and O–H groups in total. The molecule has 7 heteroatoms. The summed E-state index contributed by atoms with van der Waals surface area (Å²) < 4.78 is 0. The maximum atomic E-state index is 11.2. The van der Waals surface area contributed by atoms with Gasteiger partial charge in [-0.25, -0.2) is 0 Å². The van der Waals surface area contributed by atoms with Gasteiger partial charge in [0.1, 0.15) is 11.6 Å². The quantitative estimate of drug-likeness (QED) is 0.871. The predicted octanol–water partition coefficient (Wildman–Crippen LogP) is 1.38. The summed E-state index contributed by atoms with van der Waals surface area (Å²) in [6.07, 6.45) is 3.46. The molecule has 1 aliphatic heterocycles. The van der Waals surface area contributed by atoms with Crippen molar-refractivity contribution in [1.29, 1.82) is 0 Å². The van der Waals surface area contributed by atoms with Crippen molar-refractivity contribution in [3.63, 3.8) is 0 Å². The first-order chi connectivity index (χ1) is 9.54. The first kappa shape index (κ1) is 14.2. The molecule has 0 unspecified atom stereocenters. The lowest BCUT2D eigenvalue weighted by Crippen LogP contribution is -2.30. The van der Waals surface area contributed by atoms with Gasteiger partial charge in [-0.15, -0.1) is 0 Å². The topological polar surface area (TPSA) is 87.2 Å². The molecule has 0 bridgehead atoms. The fraction of sp³-hybridized carbons (Fsp3) is 0.538. The normalized spacial score (nSPS) is 14.8. The molecule has 0 atom stereocenters. The molecular formula is C13H19N5O2. The summed E-state index contributed by atoms with van der Waals surface area (Å²) in [6, 6.07) is 1.73. The van der Waals surface area contributed by atoms with E-state index in [0.29, 0.717) is 5.82 Å². The molecule has 2 amide bonds. The molecule has 1 saturated heterocycles. The highest BCUT2D eigenvalue weighted by Crippen LogP contribution is 2.21. The van der Waals surface area contributed by atoms with Crippen LogP contribution in [-0.2, 0) is 9.59 Å². The van der Waals surface area contributed by atoms with E-state index in [1.807, 2.05) is 0 Å². The Morgan fingerprint density at radius 1 is 1.05 bits per heavy atom. The number of hydrogen-bond donors (Lipinski definition) is 2.